The van der Waals surface area contributed by atoms with Gasteiger partial charge in [0, 0.05) is 31.1 Å². The van der Waals surface area contributed by atoms with Gasteiger partial charge in [-0.3, -0.25) is 9.69 Å². The minimum absolute atomic E-state index is 0.250. The third kappa shape index (κ3) is 4.13. The Morgan fingerprint density at radius 1 is 1.41 bits per heavy atom. The zero-order valence-corrected chi connectivity index (χ0v) is 13.3. The number of nitrogens with zero attached hydrogens (tertiary/aromatic N) is 1. The number of aromatic hydroxyl groups is 1. The van der Waals surface area contributed by atoms with Crippen molar-refractivity contribution in [3.63, 3.8) is 0 Å². The molecule has 0 amide bonds. The molecule has 2 rings (SSSR count). The first-order chi connectivity index (χ1) is 10.5. The molecule has 0 radical (unpaired) electrons. The molecule has 0 aromatic heterocycles. The highest BCUT2D eigenvalue weighted by molar-refractivity contribution is 5.67. The van der Waals surface area contributed by atoms with Gasteiger partial charge in [-0.25, -0.2) is 0 Å². The van der Waals surface area contributed by atoms with Crippen molar-refractivity contribution in [2.45, 2.75) is 32.7 Å². The van der Waals surface area contributed by atoms with Crippen LogP contribution in [0.2, 0.25) is 0 Å². The van der Waals surface area contributed by atoms with Gasteiger partial charge in [0.05, 0.1) is 7.11 Å². The second-order valence-electron chi connectivity index (χ2n) is 6.04. The van der Waals surface area contributed by atoms with E-state index in [1.807, 2.05) is 12.1 Å². The van der Waals surface area contributed by atoms with E-state index in [1.54, 1.807) is 13.2 Å². The number of phenolic OH excluding ortho intramolecular Hbond substituents is 1. The molecule has 2 N–H and O–H groups in total. The minimum Gasteiger partial charge on any atom is -0.507 e. The number of carboxylic acids is 1. The second-order valence-corrected chi connectivity index (χ2v) is 6.04. The van der Waals surface area contributed by atoms with Crippen molar-refractivity contribution in [3.8, 4) is 11.5 Å². The van der Waals surface area contributed by atoms with E-state index < -0.39 is 5.97 Å². The van der Waals surface area contributed by atoms with Crippen molar-refractivity contribution in [2.24, 2.45) is 11.8 Å². The average molecular weight is 307 g/mol. The normalized spacial score (nSPS) is 22.5. The highest BCUT2D eigenvalue weighted by Gasteiger charge is 2.29. The molecule has 0 saturated carbocycles. The maximum atomic E-state index is 10.9. The Bertz CT molecular complexity index is 517. The fraction of sp³-hybridized carbons (Fsp3) is 0.588. The molecule has 5 heteroatoms. The standard InChI is InChI=1S/C17H25NO4/c1-3-12-10-18(7-6-13(12)8-17(20)21)11-14-4-5-15(22-2)9-16(14)19/h4-5,9,12-13,19H,3,6-8,10-11H2,1-2H3,(H,20,21). The molecule has 122 valence electrons. The monoisotopic (exact) mass is 307 g/mol. The summed E-state index contributed by atoms with van der Waals surface area (Å²) in [6.07, 6.45) is 2.16. The lowest BCUT2D eigenvalue weighted by atomic mass is 9.81. The SMILES string of the molecule is CCC1CN(Cc2ccc(OC)cc2O)CCC1CC(=O)O. The first-order valence-electron chi connectivity index (χ1n) is 7.83. The summed E-state index contributed by atoms with van der Waals surface area (Å²) in [5.41, 5.74) is 0.882. The molecule has 1 fully saturated rings. The van der Waals surface area contributed by atoms with Gasteiger partial charge in [0.15, 0.2) is 0 Å². The highest BCUT2D eigenvalue weighted by Crippen LogP contribution is 2.31. The largest absolute Gasteiger partial charge is 0.507 e. The topological polar surface area (TPSA) is 70.0 Å². The van der Waals surface area contributed by atoms with Crippen molar-refractivity contribution < 1.29 is 19.7 Å². The van der Waals surface area contributed by atoms with Crippen LogP contribution < -0.4 is 4.74 Å². The molecule has 1 heterocycles. The summed E-state index contributed by atoms with van der Waals surface area (Å²) in [5.74, 6) is 0.867. The third-order valence-corrected chi connectivity index (χ3v) is 4.62. The first-order valence-corrected chi connectivity index (χ1v) is 7.83. The van der Waals surface area contributed by atoms with E-state index in [0.717, 1.165) is 31.5 Å². The van der Waals surface area contributed by atoms with Gasteiger partial charge in [-0.2, -0.15) is 0 Å². The summed E-state index contributed by atoms with van der Waals surface area (Å²) in [6.45, 7) is 4.57. The van der Waals surface area contributed by atoms with E-state index in [-0.39, 0.29) is 18.1 Å². The predicted molar refractivity (Wildman–Crippen MR) is 84.1 cm³/mol. The zero-order chi connectivity index (χ0) is 16.1. The van der Waals surface area contributed by atoms with E-state index in [0.29, 0.717) is 18.2 Å². The van der Waals surface area contributed by atoms with E-state index in [4.69, 9.17) is 9.84 Å². The van der Waals surface area contributed by atoms with Crippen molar-refractivity contribution in [3.05, 3.63) is 23.8 Å². The number of methoxy groups -OCH3 is 1. The van der Waals surface area contributed by atoms with Crippen LogP contribution in [0.5, 0.6) is 11.5 Å². The second kappa shape index (κ2) is 7.49. The Balaban J connectivity index is 1.98. The number of piperidine rings is 1. The number of benzene rings is 1. The number of rotatable bonds is 6. The fourth-order valence-corrected chi connectivity index (χ4v) is 3.30. The fourth-order valence-electron chi connectivity index (χ4n) is 3.30. The van der Waals surface area contributed by atoms with E-state index in [9.17, 15) is 9.90 Å². The summed E-state index contributed by atoms with van der Waals surface area (Å²) >= 11 is 0. The maximum Gasteiger partial charge on any atom is 0.303 e. The Morgan fingerprint density at radius 2 is 2.18 bits per heavy atom. The molecular weight excluding hydrogens is 282 g/mol. The van der Waals surface area contributed by atoms with Crippen LogP contribution in [0.1, 0.15) is 31.7 Å². The van der Waals surface area contributed by atoms with Crippen molar-refractivity contribution >= 4 is 5.97 Å². The predicted octanol–water partition coefficient (Wildman–Crippen LogP) is 2.72. The summed E-state index contributed by atoms with van der Waals surface area (Å²) in [6, 6.07) is 5.37. The van der Waals surface area contributed by atoms with Gasteiger partial charge in [-0.1, -0.05) is 19.4 Å². The van der Waals surface area contributed by atoms with E-state index in [2.05, 4.69) is 11.8 Å². The molecule has 1 aliphatic heterocycles. The third-order valence-electron chi connectivity index (χ3n) is 4.62. The summed E-state index contributed by atoms with van der Waals surface area (Å²) in [4.78, 5) is 13.2. The molecule has 2 unspecified atom stereocenters. The molecule has 22 heavy (non-hydrogen) atoms. The summed E-state index contributed by atoms with van der Waals surface area (Å²) < 4.78 is 5.10. The van der Waals surface area contributed by atoms with Crippen molar-refractivity contribution in [1.29, 1.82) is 0 Å². The van der Waals surface area contributed by atoms with Gasteiger partial charge >= 0.3 is 5.97 Å². The van der Waals surface area contributed by atoms with Crippen LogP contribution in [0, 0.1) is 11.8 Å². The number of carboxylic acid groups (broad SMARTS) is 1. The lowest BCUT2D eigenvalue weighted by Gasteiger charge is -2.38. The molecule has 1 aliphatic rings. The quantitative estimate of drug-likeness (QED) is 0.845. The number of ether oxygens (including phenoxy) is 1. The van der Waals surface area contributed by atoms with Gasteiger partial charge in [0.25, 0.3) is 0 Å². The van der Waals surface area contributed by atoms with Crippen LogP contribution in [-0.4, -0.2) is 41.3 Å². The average Bonchev–Trinajstić information content (AvgIpc) is 2.50. The molecular formula is C17H25NO4. The van der Waals surface area contributed by atoms with Crippen LogP contribution >= 0.6 is 0 Å². The number of hydrogen-bond donors (Lipinski definition) is 2. The Morgan fingerprint density at radius 3 is 2.77 bits per heavy atom. The van der Waals surface area contributed by atoms with E-state index >= 15 is 0 Å². The summed E-state index contributed by atoms with van der Waals surface area (Å²) in [7, 11) is 1.58. The van der Waals surface area contributed by atoms with Crippen LogP contribution in [0.25, 0.3) is 0 Å². The molecule has 5 nitrogen and oxygen atoms in total. The van der Waals surface area contributed by atoms with Crippen LogP contribution in [0.3, 0.4) is 0 Å². The number of hydrogen-bond acceptors (Lipinski definition) is 4. The first kappa shape index (κ1) is 16.6. The van der Waals surface area contributed by atoms with Gasteiger partial charge in [0.2, 0.25) is 0 Å². The maximum absolute atomic E-state index is 10.9. The molecule has 1 aromatic carbocycles. The van der Waals surface area contributed by atoms with Gasteiger partial charge in [-0.15, -0.1) is 0 Å². The van der Waals surface area contributed by atoms with Gasteiger partial charge < -0.3 is 14.9 Å². The number of aliphatic carboxylic acids is 1. The van der Waals surface area contributed by atoms with Crippen LogP contribution in [0.15, 0.2) is 18.2 Å². The van der Waals surface area contributed by atoms with Crippen molar-refractivity contribution in [1.82, 2.24) is 4.90 Å². The lowest BCUT2D eigenvalue weighted by molar-refractivity contribution is -0.139. The number of phenols is 1. The highest BCUT2D eigenvalue weighted by atomic mass is 16.5. The Labute approximate surface area is 131 Å². The molecule has 0 aliphatic carbocycles. The molecule has 0 bridgehead atoms. The molecule has 0 spiro atoms. The minimum atomic E-state index is -0.704. The lowest BCUT2D eigenvalue weighted by Crippen LogP contribution is -2.40. The smallest absolute Gasteiger partial charge is 0.303 e. The van der Waals surface area contributed by atoms with Crippen LogP contribution in [-0.2, 0) is 11.3 Å². The number of carbonyl (C=O) groups is 1. The van der Waals surface area contributed by atoms with E-state index in [1.165, 1.54) is 0 Å². The van der Waals surface area contributed by atoms with Gasteiger partial charge in [0.1, 0.15) is 11.5 Å². The molecule has 1 aromatic rings. The van der Waals surface area contributed by atoms with Gasteiger partial charge in [-0.05, 0) is 30.9 Å². The van der Waals surface area contributed by atoms with Crippen LogP contribution in [0.4, 0.5) is 0 Å². The Kier molecular flexibility index (Phi) is 5.66. The summed E-state index contributed by atoms with van der Waals surface area (Å²) in [5, 5.41) is 19.1. The van der Waals surface area contributed by atoms with Crippen molar-refractivity contribution in [2.75, 3.05) is 20.2 Å². The molecule has 1 saturated heterocycles. The molecule has 2 atom stereocenters. The number of likely N-dealkylation sites (tertiary alicyclic amines) is 1. The zero-order valence-electron chi connectivity index (χ0n) is 13.3. The Hall–Kier alpha value is -1.75.